The number of pyridine rings is 1. The molecule has 1 N–H and O–H groups in total. The fraction of sp³-hybridized carbons (Fsp3) is 0.545. The van der Waals surface area contributed by atoms with Crippen LogP contribution in [0.5, 0.6) is 0 Å². The van der Waals surface area contributed by atoms with Crippen LogP contribution in [0.1, 0.15) is 24.8 Å². The standard InChI is InChI=1S/C11H15ClN2/c12-11-10(5-2-6-14-11)8-13-7-9-3-1-4-9/h2,5-6,9,13H,1,3-4,7-8H2. The predicted molar refractivity (Wildman–Crippen MR) is 58.3 cm³/mol. The first-order chi connectivity index (χ1) is 6.86. The summed E-state index contributed by atoms with van der Waals surface area (Å²) in [6, 6.07) is 3.94. The number of aromatic nitrogens is 1. The summed E-state index contributed by atoms with van der Waals surface area (Å²) in [4.78, 5) is 4.04. The Hall–Kier alpha value is -0.600. The molecule has 0 saturated heterocycles. The first kappa shape index (κ1) is 9.94. The SMILES string of the molecule is Clc1ncccc1CNCC1CCC1. The van der Waals surface area contributed by atoms with Crippen molar-refractivity contribution in [1.82, 2.24) is 10.3 Å². The van der Waals surface area contributed by atoms with Crippen molar-refractivity contribution in [3.63, 3.8) is 0 Å². The van der Waals surface area contributed by atoms with Crippen LogP contribution in [0.3, 0.4) is 0 Å². The summed E-state index contributed by atoms with van der Waals surface area (Å²) in [6.07, 6.45) is 5.89. The van der Waals surface area contributed by atoms with Crippen molar-refractivity contribution in [2.75, 3.05) is 6.54 Å². The Morgan fingerprint density at radius 2 is 2.36 bits per heavy atom. The third-order valence-corrected chi connectivity index (χ3v) is 3.15. The summed E-state index contributed by atoms with van der Waals surface area (Å²) < 4.78 is 0. The van der Waals surface area contributed by atoms with E-state index in [0.29, 0.717) is 5.15 Å². The maximum absolute atomic E-state index is 5.94. The van der Waals surface area contributed by atoms with Gasteiger partial charge in [0.25, 0.3) is 0 Å². The lowest BCUT2D eigenvalue weighted by atomic mass is 9.85. The van der Waals surface area contributed by atoms with Crippen LogP contribution in [0.4, 0.5) is 0 Å². The van der Waals surface area contributed by atoms with E-state index >= 15 is 0 Å². The second-order valence-corrected chi connectivity index (χ2v) is 4.24. The molecule has 0 aromatic carbocycles. The average Bonchev–Trinajstić information content (AvgIpc) is 2.12. The molecule has 0 bridgehead atoms. The lowest BCUT2D eigenvalue weighted by Gasteiger charge is -2.25. The number of hydrogen-bond donors (Lipinski definition) is 1. The van der Waals surface area contributed by atoms with Gasteiger partial charge in [-0.05, 0) is 31.4 Å². The molecule has 76 valence electrons. The normalized spacial score (nSPS) is 16.6. The van der Waals surface area contributed by atoms with Gasteiger partial charge in [0.1, 0.15) is 5.15 Å². The molecule has 1 aromatic rings. The van der Waals surface area contributed by atoms with E-state index in [0.717, 1.165) is 24.6 Å². The molecule has 3 heteroatoms. The molecule has 14 heavy (non-hydrogen) atoms. The molecule has 0 amide bonds. The Morgan fingerprint density at radius 3 is 3.00 bits per heavy atom. The van der Waals surface area contributed by atoms with Gasteiger partial charge in [-0.25, -0.2) is 4.98 Å². The maximum atomic E-state index is 5.94. The topological polar surface area (TPSA) is 24.9 Å². The summed E-state index contributed by atoms with van der Waals surface area (Å²) in [6.45, 7) is 1.95. The summed E-state index contributed by atoms with van der Waals surface area (Å²) in [5.41, 5.74) is 1.09. The van der Waals surface area contributed by atoms with Gasteiger partial charge in [-0.3, -0.25) is 0 Å². The Kier molecular flexibility index (Phi) is 3.38. The first-order valence-electron chi connectivity index (χ1n) is 5.16. The molecule has 0 unspecified atom stereocenters. The zero-order valence-electron chi connectivity index (χ0n) is 8.17. The lowest BCUT2D eigenvalue weighted by molar-refractivity contribution is 0.301. The van der Waals surface area contributed by atoms with E-state index in [-0.39, 0.29) is 0 Å². The van der Waals surface area contributed by atoms with Gasteiger partial charge in [0.15, 0.2) is 0 Å². The number of halogens is 1. The quantitative estimate of drug-likeness (QED) is 0.773. The van der Waals surface area contributed by atoms with Gasteiger partial charge in [-0.1, -0.05) is 24.1 Å². The third-order valence-electron chi connectivity index (χ3n) is 2.81. The highest BCUT2D eigenvalue weighted by molar-refractivity contribution is 6.30. The van der Waals surface area contributed by atoms with Gasteiger partial charge in [-0.15, -0.1) is 0 Å². The molecular formula is C11H15ClN2. The maximum Gasteiger partial charge on any atom is 0.133 e. The van der Waals surface area contributed by atoms with Crippen LogP contribution in [0, 0.1) is 5.92 Å². The van der Waals surface area contributed by atoms with E-state index in [2.05, 4.69) is 10.3 Å². The summed E-state index contributed by atoms with van der Waals surface area (Å²) in [5, 5.41) is 4.04. The molecule has 0 atom stereocenters. The molecule has 1 aromatic heterocycles. The van der Waals surface area contributed by atoms with E-state index < -0.39 is 0 Å². The summed E-state index contributed by atoms with van der Waals surface area (Å²) >= 11 is 5.94. The molecule has 1 saturated carbocycles. The van der Waals surface area contributed by atoms with Crippen LogP contribution >= 0.6 is 11.6 Å². The van der Waals surface area contributed by atoms with Gasteiger partial charge in [0.05, 0.1) is 0 Å². The molecule has 0 aliphatic heterocycles. The Labute approximate surface area is 89.7 Å². The number of nitrogens with zero attached hydrogens (tertiary/aromatic N) is 1. The second-order valence-electron chi connectivity index (χ2n) is 3.88. The molecule has 0 spiro atoms. The van der Waals surface area contributed by atoms with Crippen molar-refractivity contribution >= 4 is 11.6 Å². The number of hydrogen-bond acceptors (Lipinski definition) is 2. The second kappa shape index (κ2) is 4.76. The van der Waals surface area contributed by atoms with Crippen molar-refractivity contribution < 1.29 is 0 Å². The fourth-order valence-corrected chi connectivity index (χ4v) is 1.85. The van der Waals surface area contributed by atoms with Crippen molar-refractivity contribution in [3.8, 4) is 0 Å². The zero-order valence-corrected chi connectivity index (χ0v) is 8.93. The van der Waals surface area contributed by atoms with Gasteiger partial charge < -0.3 is 5.32 Å². The van der Waals surface area contributed by atoms with Gasteiger partial charge in [-0.2, -0.15) is 0 Å². The molecule has 1 aliphatic rings. The van der Waals surface area contributed by atoms with Crippen LogP contribution in [0.15, 0.2) is 18.3 Å². The predicted octanol–water partition coefficient (Wildman–Crippen LogP) is 2.62. The highest BCUT2D eigenvalue weighted by Gasteiger charge is 2.16. The van der Waals surface area contributed by atoms with Crippen molar-refractivity contribution in [1.29, 1.82) is 0 Å². The Balaban J connectivity index is 1.76. The van der Waals surface area contributed by atoms with Gasteiger partial charge >= 0.3 is 0 Å². The summed E-state index contributed by atoms with van der Waals surface area (Å²) in [5.74, 6) is 0.894. The third kappa shape index (κ3) is 2.46. The Bertz CT molecular complexity index is 297. The summed E-state index contributed by atoms with van der Waals surface area (Å²) in [7, 11) is 0. The number of rotatable bonds is 4. The van der Waals surface area contributed by atoms with Crippen LogP contribution in [-0.4, -0.2) is 11.5 Å². The van der Waals surface area contributed by atoms with E-state index in [1.165, 1.54) is 19.3 Å². The smallest absolute Gasteiger partial charge is 0.133 e. The average molecular weight is 211 g/mol. The minimum atomic E-state index is 0.619. The van der Waals surface area contributed by atoms with Crippen LogP contribution in [-0.2, 0) is 6.54 Å². The van der Waals surface area contributed by atoms with Crippen molar-refractivity contribution in [2.45, 2.75) is 25.8 Å². The largest absolute Gasteiger partial charge is 0.312 e. The molecule has 1 fully saturated rings. The number of nitrogens with one attached hydrogen (secondary N) is 1. The minimum absolute atomic E-state index is 0.619. The molecule has 1 heterocycles. The lowest BCUT2D eigenvalue weighted by Crippen LogP contribution is -2.27. The highest BCUT2D eigenvalue weighted by atomic mass is 35.5. The van der Waals surface area contributed by atoms with Gasteiger partial charge in [0.2, 0.25) is 0 Å². The van der Waals surface area contributed by atoms with E-state index in [1.54, 1.807) is 6.20 Å². The van der Waals surface area contributed by atoms with E-state index in [4.69, 9.17) is 11.6 Å². The van der Waals surface area contributed by atoms with Crippen molar-refractivity contribution in [2.24, 2.45) is 5.92 Å². The first-order valence-corrected chi connectivity index (χ1v) is 5.54. The molecular weight excluding hydrogens is 196 g/mol. The van der Waals surface area contributed by atoms with Crippen molar-refractivity contribution in [3.05, 3.63) is 29.0 Å². The molecule has 1 aliphatic carbocycles. The van der Waals surface area contributed by atoms with E-state index in [1.807, 2.05) is 12.1 Å². The molecule has 2 rings (SSSR count). The van der Waals surface area contributed by atoms with Crippen LogP contribution < -0.4 is 5.32 Å². The minimum Gasteiger partial charge on any atom is -0.312 e. The highest BCUT2D eigenvalue weighted by Crippen LogP contribution is 2.25. The monoisotopic (exact) mass is 210 g/mol. The molecule has 2 nitrogen and oxygen atoms in total. The fourth-order valence-electron chi connectivity index (χ4n) is 1.66. The van der Waals surface area contributed by atoms with Crippen LogP contribution in [0.25, 0.3) is 0 Å². The van der Waals surface area contributed by atoms with Gasteiger partial charge in [0, 0.05) is 18.3 Å². The van der Waals surface area contributed by atoms with E-state index in [9.17, 15) is 0 Å². The van der Waals surface area contributed by atoms with Crippen LogP contribution in [0.2, 0.25) is 5.15 Å². The molecule has 0 radical (unpaired) electrons. The zero-order chi connectivity index (χ0) is 9.80. The Morgan fingerprint density at radius 1 is 1.50 bits per heavy atom.